The zero-order valence-corrected chi connectivity index (χ0v) is 10.8. The summed E-state index contributed by atoms with van der Waals surface area (Å²) in [5.41, 5.74) is 8.63. The molecule has 1 fully saturated rings. The van der Waals surface area contributed by atoms with Crippen molar-refractivity contribution in [3.05, 3.63) is 35.4 Å². The molecule has 0 saturated carbocycles. The van der Waals surface area contributed by atoms with Crippen LogP contribution in [0.1, 0.15) is 43.4 Å². The lowest BCUT2D eigenvalue weighted by atomic mass is 9.90. The van der Waals surface area contributed by atoms with Crippen molar-refractivity contribution < 1.29 is 4.79 Å². The lowest BCUT2D eigenvalue weighted by Crippen LogP contribution is -2.50. The molecule has 3 nitrogen and oxygen atoms in total. The molecule has 1 saturated heterocycles. The number of benzene rings is 1. The number of hydrogen-bond acceptors (Lipinski definition) is 2. The molecule has 0 bridgehead atoms. The SMILES string of the molecule is CC1CCC[C@@H]2c3ccccc3C[C@H](N)C(=O)N12. The summed E-state index contributed by atoms with van der Waals surface area (Å²) in [5.74, 6) is 0.128. The molecule has 3 atom stereocenters. The molecule has 2 N–H and O–H groups in total. The van der Waals surface area contributed by atoms with Crippen LogP contribution >= 0.6 is 0 Å². The average Bonchev–Trinajstić information content (AvgIpc) is 2.48. The van der Waals surface area contributed by atoms with E-state index in [-0.39, 0.29) is 18.0 Å². The Morgan fingerprint density at radius 1 is 1.28 bits per heavy atom. The van der Waals surface area contributed by atoms with Crippen LogP contribution in [0.25, 0.3) is 0 Å². The topological polar surface area (TPSA) is 46.3 Å². The number of carbonyl (C=O) groups excluding carboxylic acids is 1. The molecule has 2 heterocycles. The van der Waals surface area contributed by atoms with Crippen molar-refractivity contribution in [3.8, 4) is 0 Å². The van der Waals surface area contributed by atoms with E-state index >= 15 is 0 Å². The number of piperidine rings is 1. The molecular formula is C15H20N2O. The zero-order chi connectivity index (χ0) is 12.7. The van der Waals surface area contributed by atoms with E-state index in [0.29, 0.717) is 12.5 Å². The maximum absolute atomic E-state index is 12.5. The van der Waals surface area contributed by atoms with E-state index in [4.69, 9.17) is 5.73 Å². The third kappa shape index (κ3) is 1.74. The summed E-state index contributed by atoms with van der Waals surface area (Å²) in [7, 11) is 0. The molecule has 96 valence electrons. The Balaban J connectivity index is 2.10. The summed E-state index contributed by atoms with van der Waals surface area (Å²) in [6.45, 7) is 2.14. The number of nitrogens with zero attached hydrogens (tertiary/aromatic N) is 1. The van der Waals surface area contributed by atoms with Gasteiger partial charge in [0.25, 0.3) is 0 Å². The van der Waals surface area contributed by atoms with E-state index in [1.807, 2.05) is 11.0 Å². The molecule has 1 unspecified atom stereocenters. The largest absolute Gasteiger partial charge is 0.332 e. The highest BCUT2D eigenvalue weighted by atomic mass is 16.2. The van der Waals surface area contributed by atoms with Gasteiger partial charge in [-0.1, -0.05) is 24.3 Å². The number of hydrogen-bond donors (Lipinski definition) is 1. The Kier molecular flexibility index (Phi) is 2.86. The number of fused-ring (bicyclic) bond motifs is 3. The molecule has 3 heteroatoms. The van der Waals surface area contributed by atoms with Gasteiger partial charge >= 0.3 is 0 Å². The fourth-order valence-corrected chi connectivity index (χ4v) is 3.43. The van der Waals surface area contributed by atoms with Crippen molar-refractivity contribution in [2.45, 2.75) is 50.7 Å². The maximum Gasteiger partial charge on any atom is 0.240 e. The zero-order valence-electron chi connectivity index (χ0n) is 10.8. The van der Waals surface area contributed by atoms with Gasteiger partial charge in [-0.15, -0.1) is 0 Å². The Morgan fingerprint density at radius 3 is 2.89 bits per heavy atom. The molecule has 0 aromatic heterocycles. The van der Waals surface area contributed by atoms with E-state index in [2.05, 4.69) is 25.1 Å². The summed E-state index contributed by atoms with van der Waals surface area (Å²) in [6.07, 6.45) is 4.03. The first kappa shape index (κ1) is 11.7. The van der Waals surface area contributed by atoms with Gasteiger partial charge in [0.15, 0.2) is 0 Å². The van der Waals surface area contributed by atoms with Gasteiger partial charge in [-0.05, 0) is 43.7 Å². The molecule has 1 aromatic rings. The molecule has 1 aromatic carbocycles. The van der Waals surface area contributed by atoms with Crippen LogP contribution in [0.2, 0.25) is 0 Å². The van der Waals surface area contributed by atoms with Gasteiger partial charge in [0.2, 0.25) is 5.91 Å². The van der Waals surface area contributed by atoms with Crippen LogP contribution < -0.4 is 5.73 Å². The summed E-state index contributed by atoms with van der Waals surface area (Å²) in [5, 5.41) is 0. The maximum atomic E-state index is 12.5. The molecule has 0 radical (unpaired) electrons. The first-order valence-corrected chi connectivity index (χ1v) is 6.84. The van der Waals surface area contributed by atoms with E-state index in [9.17, 15) is 4.79 Å². The van der Waals surface area contributed by atoms with Crippen LogP contribution in [0.3, 0.4) is 0 Å². The third-order valence-corrected chi connectivity index (χ3v) is 4.34. The van der Waals surface area contributed by atoms with E-state index < -0.39 is 0 Å². The predicted octanol–water partition coefficient (Wildman–Crippen LogP) is 2.01. The van der Waals surface area contributed by atoms with Crippen molar-refractivity contribution in [2.75, 3.05) is 0 Å². The fraction of sp³-hybridized carbons (Fsp3) is 0.533. The number of nitrogens with two attached hydrogens (primary N) is 1. The van der Waals surface area contributed by atoms with Crippen molar-refractivity contribution in [1.82, 2.24) is 4.90 Å². The minimum atomic E-state index is -0.378. The highest BCUT2D eigenvalue weighted by Gasteiger charge is 2.38. The van der Waals surface area contributed by atoms with Crippen molar-refractivity contribution in [1.29, 1.82) is 0 Å². The Labute approximate surface area is 108 Å². The normalized spacial score (nSPS) is 31.6. The quantitative estimate of drug-likeness (QED) is 0.759. The highest BCUT2D eigenvalue weighted by molar-refractivity contribution is 5.83. The second-order valence-electron chi connectivity index (χ2n) is 5.55. The fourth-order valence-electron chi connectivity index (χ4n) is 3.43. The van der Waals surface area contributed by atoms with Gasteiger partial charge in [-0.2, -0.15) is 0 Å². The standard InChI is InChI=1S/C15H20N2O/c1-10-5-4-8-14-12-7-3-2-6-11(12)9-13(16)15(18)17(10)14/h2-3,6-7,10,13-14H,4-5,8-9,16H2,1H3/t10?,13-,14+/m0/s1. The van der Waals surface area contributed by atoms with Gasteiger partial charge in [-0.3, -0.25) is 4.79 Å². The number of amides is 1. The van der Waals surface area contributed by atoms with Crippen molar-refractivity contribution in [3.63, 3.8) is 0 Å². The summed E-state index contributed by atoms with van der Waals surface area (Å²) in [6, 6.07) is 8.56. The molecule has 0 spiro atoms. The molecule has 2 aliphatic rings. The van der Waals surface area contributed by atoms with E-state index in [1.54, 1.807) is 0 Å². The van der Waals surface area contributed by atoms with Crippen LogP contribution in [0.15, 0.2) is 24.3 Å². The first-order chi connectivity index (χ1) is 8.68. The van der Waals surface area contributed by atoms with Crippen LogP contribution in [-0.4, -0.2) is 22.9 Å². The minimum absolute atomic E-state index is 0.128. The van der Waals surface area contributed by atoms with Gasteiger partial charge in [0.05, 0.1) is 12.1 Å². The molecule has 1 amide bonds. The molecular weight excluding hydrogens is 224 g/mol. The summed E-state index contributed by atoms with van der Waals surface area (Å²) < 4.78 is 0. The molecule has 0 aliphatic carbocycles. The first-order valence-electron chi connectivity index (χ1n) is 6.84. The second kappa shape index (κ2) is 4.39. The van der Waals surface area contributed by atoms with Crippen LogP contribution in [-0.2, 0) is 11.2 Å². The van der Waals surface area contributed by atoms with Crippen LogP contribution in [0, 0.1) is 0 Å². The Morgan fingerprint density at radius 2 is 2.06 bits per heavy atom. The smallest absolute Gasteiger partial charge is 0.240 e. The van der Waals surface area contributed by atoms with Crippen LogP contribution in [0.5, 0.6) is 0 Å². The Bertz CT molecular complexity index is 471. The van der Waals surface area contributed by atoms with E-state index in [1.165, 1.54) is 17.5 Å². The summed E-state index contributed by atoms with van der Waals surface area (Å²) in [4.78, 5) is 14.5. The average molecular weight is 244 g/mol. The lowest BCUT2D eigenvalue weighted by molar-refractivity contribution is -0.138. The minimum Gasteiger partial charge on any atom is -0.332 e. The van der Waals surface area contributed by atoms with E-state index in [0.717, 1.165) is 12.8 Å². The van der Waals surface area contributed by atoms with Crippen LogP contribution in [0.4, 0.5) is 0 Å². The van der Waals surface area contributed by atoms with Gasteiger partial charge in [-0.25, -0.2) is 0 Å². The monoisotopic (exact) mass is 244 g/mol. The molecule has 3 rings (SSSR count). The second-order valence-corrected chi connectivity index (χ2v) is 5.55. The number of carbonyl (C=O) groups is 1. The van der Waals surface area contributed by atoms with Gasteiger partial charge in [0.1, 0.15) is 0 Å². The highest BCUT2D eigenvalue weighted by Crippen LogP contribution is 2.38. The third-order valence-electron chi connectivity index (χ3n) is 4.34. The Hall–Kier alpha value is -1.35. The van der Waals surface area contributed by atoms with Crippen molar-refractivity contribution >= 4 is 5.91 Å². The predicted molar refractivity (Wildman–Crippen MR) is 71.0 cm³/mol. The molecule has 2 aliphatic heterocycles. The van der Waals surface area contributed by atoms with Gasteiger partial charge < -0.3 is 10.6 Å². The molecule has 18 heavy (non-hydrogen) atoms. The van der Waals surface area contributed by atoms with Gasteiger partial charge in [0, 0.05) is 6.04 Å². The van der Waals surface area contributed by atoms with Crippen molar-refractivity contribution in [2.24, 2.45) is 5.73 Å². The lowest BCUT2D eigenvalue weighted by Gasteiger charge is -2.41. The number of rotatable bonds is 0. The summed E-state index contributed by atoms with van der Waals surface area (Å²) >= 11 is 0.